The molecule has 1 aliphatic rings. The molecule has 1 amide bonds. The predicted molar refractivity (Wildman–Crippen MR) is 76.9 cm³/mol. The van der Waals surface area contributed by atoms with Crippen LogP contribution in [0.1, 0.15) is 28.9 Å². The van der Waals surface area contributed by atoms with Gasteiger partial charge >= 0.3 is 5.97 Å². The van der Waals surface area contributed by atoms with Crippen LogP contribution in [0.15, 0.2) is 16.3 Å². The fourth-order valence-corrected chi connectivity index (χ4v) is 4.22. The molecular formula is C12H16N2O5S2. The maximum absolute atomic E-state index is 12.4. The Morgan fingerprint density at radius 1 is 1.43 bits per heavy atom. The third kappa shape index (κ3) is 3.25. The smallest absolute Gasteiger partial charge is 0.326 e. The zero-order valence-electron chi connectivity index (χ0n) is 11.4. The van der Waals surface area contributed by atoms with Crippen LogP contribution in [0.5, 0.6) is 0 Å². The molecule has 2 N–H and O–H groups in total. The number of nitrogens with one attached hydrogen (secondary N) is 1. The average molecular weight is 332 g/mol. The summed E-state index contributed by atoms with van der Waals surface area (Å²) in [4.78, 5) is 25.2. The molecule has 1 aromatic heterocycles. The van der Waals surface area contributed by atoms with Crippen molar-refractivity contribution in [1.82, 2.24) is 9.62 Å². The second kappa shape index (κ2) is 6.12. The monoisotopic (exact) mass is 332 g/mol. The number of rotatable bonds is 4. The standard InChI is InChI=1S/C12H16N2O5S2/c1-13-21(18,19)8-6-10(20-7-8)11(15)14-5-3-2-4-9(14)12(16)17/h6-7,9,13H,2-5H2,1H3,(H,16,17)/t9-/m1/s1. The highest BCUT2D eigenvalue weighted by Crippen LogP contribution is 2.25. The molecule has 7 nitrogen and oxygen atoms in total. The van der Waals surface area contributed by atoms with Crippen molar-refractivity contribution in [1.29, 1.82) is 0 Å². The van der Waals surface area contributed by atoms with Gasteiger partial charge < -0.3 is 10.0 Å². The Morgan fingerprint density at radius 3 is 2.76 bits per heavy atom. The van der Waals surface area contributed by atoms with Crippen molar-refractivity contribution in [3.8, 4) is 0 Å². The molecule has 1 atom stereocenters. The zero-order chi connectivity index (χ0) is 15.6. The molecular weight excluding hydrogens is 316 g/mol. The van der Waals surface area contributed by atoms with Crippen LogP contribution in [0.4, 0.5) is 0 Å². The summed E-state index contributed by atoms with van der Waals surface area (Å²) in [6.07, 6.45) is 1.95. The maximum Gasteiger partial charge on any atom is 0.326 e. The van der Waals surface area contributed by atoms with Gasteiger partial charge in [-0.25, -0.2) is 17.9 Å². The molecule has 116 valence electrons. The van der Waals surface area contributed by atoms with Crippen molar-refractivity contribution < 1.29 is 23.1 Å². The van der Waals surface area contributed by atoms with E-state index < -0.39 is 27.9 Å². The van der Waals surface area contributed by atoms with E-state index in [9.17, 15) is 23.1 Å². The molecule has 0 aromatic carbocycles. The Morgan fingerprint density at radius 2 is 2.14 bits per heavy atom. The molecule has 0 aliphatic carbocycles. The van der Waals surface area contributed by atoms with Crippen LogP contribution < -0.4 is 4.72 Å². The summed E-state index contributed by atoms with van der Waals surface area (Å²) in [5.74, 6) is -1.45. The van der Waals surface area contributed by atoms with Gasteiger partial charge in [0.15, 0.2) is 0 Å². The van der Waals surface area contributed by atoms with Crippen LogP contribution in [0.2, 0.25) is 0 Å². The van der Waals surface area contributed by atoms with E-state index in [1.54, 1.807) is 0 Å². The second-order valence-electron chi connectivity index (χ2n) is 4.70. The number of amides is 1. The van der Waals surface area contributed by atoms with Crippen molar-refractivity contribution in [2.75, 3.05) is 13.6 Å². The Hall–Kier alpha value is -1.45. The molecule has 1 fully saturated rings. The third-order valence-corrected chi connectivity index (χ3v) is 5.88. The molecule has 0 spiro atoms. The van der Waals surface area contributed by atoms with Gasteiger partial charge in [-0.05, 0) is 32.4 Å². The van der Waals surface area contributed by atoms with Gasteiger partial charge in [0.2, 0.25) is 10.0 Å². The van der Waals surface area contributed by atoms with Crippen LogP contribution in [0, 0.1) is 0 Å². The first-order valence-electron chi connectivity index (χ1n) is 6.42. The van der Waals surface area contributed by atoms with E-state index in [0.29, 0.717) is 13.0 Å². The van der Waals surface area contributed by atoms with Crippen LogP contribution in [0.3, 0.4) is 0 Å². The first-order chi connectivity index (χ1) is 9.86. The highest BCUT2D eigenvalue weighted by Gasteiger charge is 2.33. The number of thiophene rings is 1. The minimum absolute atomic E-state index is 0.0160. The highest BCUT2D eigenvalue weighted by molar-refractivity contribution is 7.89. The molecule has 2 rings (SSSR count). The highest BCUT2D eigenvalue weighted by atomic mass is 32.2. The van der Waals surface area contributed by atoms with Gasteiger partial charge in [0.1, 0.15) is 6.04 Å². The lowest BCUT2D eigenvalue weighted by Gasteiger charge is -2.32. The molecule has 0 bridgehead atoms. The summed E-state index contributed by atoms with van der Waals surface area (Å²) >= 11 is 1.00. The quantitative estimate of drug-likeness (QED) is 0.846. The van der Waals surface area contributed by atoms with E-state index in [4.69, 9.17) is 0 Å². The Balaban J connectivity index is 2.25. The zero-order valence-corrected chi connectivity index (χ0v) is 13.0. The van der Waals surface area contributed by atoms with Gasteiger partial charge in [-0.1, -0.05) is 0 Å². The Kier molecular flexibility index (Phi) is 4.64. The normalized spacial score (nSPS) is 19.5. The number of hydrogen-bond acceptors (Lipinski definition) is 5. The van der Waals surface area contributed by atoms with Gasteiger partial charge in [0, 0.05) is 11.9 Å². The van der Waals surface area contributed by atoms with E-state index in [1.165, 1.54) is 23.4 Å². The molecule has 0 saturated carbocycles. The molecule has 21 heavy (non-hydrogen) atoms. The minimum Gasteiger partial charge on any atom is -0.480 e. The number of carboxylic acids is 1. The van der Waals surface area contributed by atoms with E-state index in [1.807, 2.05) is 0 Å². The van der Waals surface area contributed by atoms with Gasteiger partial charge in [-0.3, -0.25) is 4.79 Å². The second-order valence-corrected chi connectivity index (χ2v) is 7.50. The number of aliphatic carboxylic acids is 1. The largest absolute Gasteiger partial charge is 0.480 e. The predicted octanol–water partition coefficient (Wildman–Crippen LogP) is 0.735. The van der Waals surface area contributed by atoms with Crippen LogP contribution >= 0.6 is 11.3 Å². The Labute approximate surface area is 126 Å². The van der Waals surface area contributed by atoms with Crippen molar-refractivity contribution in [3.05, 3.63) is 16.3 Å². The van der Waals surface area contributed by atoms with Crippen molar-refractivity contribution in [3.63, 3.8) is 0 Å². The number of carbonyl (C=O) groups is 2. The van der Waals surface area contributed by atoms with Crippen molar-refractivity contribution in [2.45, 2.75) is 30.2 Å². The van der Waals surface area contributed by atoms with E-state index in [0.717, 1.165) is 24.2 Å². The average Bonchev–Trinajstić information content (AvgIpc) is 2.97. The lowest BCUT2D eigenvalue weighted by atomic mass is 10.0. The number of hydrogen-bond donors (Lipinski definition) is 2. The lowest BCUT2D eigenvalue weighted by Crippen LogP contribution is -2.47. The summed E-state index contributed by atoms with van der Waals surface area (Å²) in [7, 11) is -2.31. The van der Waals surface area contributed by atoms with Crippen LogP contribution in [-0.2, 0) is 14.8 Å². The maximum atomic E-state index is 12.4. The molecule has 1 aromatic rings. The first-order valence-corrected chi connectivity index (χ1v) is 8.79. The summed E-state index contributed by atoms with van der Waals surface area (Å²) in [5, 5.41) is 10.6. The summed E-state index contributed by atoms with van der Waals surface area (Å²) < 4.78 is 25.5. The van der Waals surface area contributed by atoms with Gasteiger partial charge in [0.25, 0.3) is 5.91 Å². The molecule has 1 saturated heterocycles. The van der Waals surface area contributed by atoms with E-state index >= 15 is 0 Å². The summed E-state index contributed by atoms with van der Waals surface area (Å²) in [6, 6.07) is 0.449. The summed E-state index contributed by atoms with van der Waals surface area (Å²) in [5.41, 5.74) is 0. The number of likely N-dealkylation sites (tertiary alicyclic amines) is 1. The molecule has 9 heteroatoms. The van der Waals surface area contributed by atoms with Gasteiger partial charge in [-0.2, -0.15) is 0 Å². The molecule has 1 aliphatic heterocycles. The molecule has 0 unspecified atom stereocenters. The minimum atomic E-state index is -3.60. The first kappa shape index (κ1) is 15.9. The fraction of sp³-hybridized carbons (Fsp3) is 0.500. The number of sulfonamides is 1. The van der Waals surface area contributed by atoms with E-state index in [-0.39, 0.29) is 9.77 Å². The number of carboxylic acid groups (broad SMARTS) is 1. The fourth-order valence-electron chi connectivity index (χ4n) is 2.26. The third-order valence-electron chi connectivity index (χ3n) is 3.41. The lowest BCUT2D eigenvalue weighted by molar-refractivity contribution is -0.143. The van der Waals surface area contributed by atoms with E-state index in [2.05, 4.69) is 4.72 Å². The molecule has 0 radical (unpaired) electrons. The summed E-state index contributed by atoms with van der Waals surface area (Å²) in [6.45, 7) is 0.377. The van der Waals surface area contributed by atoms with Crippen molar-refractivity contribution in [2.24, 2.45) is 0 Å². The number of nitrogens with zero attached hydrogens (tertiary/aromatic N) is 1. The Bertz CT molecular complexity index is 652. The van der Waals surface area contributed by atoms with Crippen LogP contribution in [0.25, 0.3) is 0 Å². The molecule has 2 heterocycles. The van der Waals surface area contributed by atoms with Crippen molar-refractivity contribution >= 4 is 33.2 Å². The van der Waals surface area contributed by atoms with Gasteiger partial charge in [-0.15, -0.1) is 11.3 Å². The number of piperidine rings is 1. The van der Waals surface area contributed by atoms with Crippen LogP contribution in [-0.4, -0.2) is 49.9 Å². The SMILES string of the molecule is CNS(=O)(=O)c1csc(C(=O)N2CCCC[C@@H]2C(=O)O)c1. The van der Waals surface area contributed by atoms with Gasteiger partial charge in [0.05, 0.1) is 9.77 Å². The number of carbonyl (C=O) groups excluding carboxylic acids is 1. The topological polar surface area (TPSA) is 104 Å².